The van der Waals surface area contributed by atoms with Gasteiger partial charge >= 0.3 is 0 Å². The fraction of sp³-hybridized carbons (Fsp3) is 0.200. The molecule has 112 valence electrons. The molecule has 0 aliphatic heterocycles. The lowest BCUT2D eigenvalue weighted by Gasteiger charge is -2.20. The largest absolute Gasteiger partial charge is 0.493 e. The molecule has 2 rings (SSSR count). The summed E-state index contributed by atoms with van der Waals surface area (Å²) in [7, 11) is 3.24. The average molecular weight is 463 g/mol. The summed E-state index contributed by atoms with van der Waals surface area (Å²) in [5.41, 5.74) is 4.93. The van der Waals surface area contributed by atoms with Gasteiger partial charge in [-0.15, -0.1) is 0 Å². The third-order valence-electron chi connectivity index (χ3n) is 3.18. The average Bonchev–Trinajstić information content (AvgIpc) is 2.51. The van der Waals surface area contributed by atoms with E-state index in [4.69, 9.17) is 15.3 Å². The van der Waals surface area contributed by atoms with Crippen molar-refractivity contribution in [3.63, 3.8) is 0 Å². The summed E-state index contributed by atoms with van der Waals surface area (Å²) in [4.78, 5) is 0. The Labute approximate surface area is 146 Å². The Bertz CT molecular complexity index is 637. The van der Waals surface area contributed by atoms with Gasteiger partial charge in [-0.2, -0.15) is 0 Å². The quantitative estimate of drug-likeness (QED) is 0.404. The molecule has 6 heteroatoms. The highest BCUT2D eigenvalue weighted by molar-refractivity contribution is 14.1. The molecule has 4 nitrogen and oxygen atoms in total. The van der Waals surface area contributed by atoms with Gasteiger partial charge in [-0.25, -0.2) is 5.43 Å². The highest BCUT2D eigenvalue weighted by Gasteiger charge is 2.18. The van der Waals surface area contributed by atoms with E-state index in [1.807, 2.05) is 30.3 Å². The minimum Gasteiger partial charge on any atom is -0.493 e. The van der Waals surface area contributed by atoms with Crippen LogP contribution in [0.1, 0.15) is 17.2 Å². The normalized spacial score (nSPS) is 12.0. The molecule has 1 atom stereocenters. The molecule has 0 spiro atoms. The molecule has 2 aromatic rings. The Hall–Kier alpha value is -0.830. The van der Waals surface area contributed by atoms with Crippen molar-refractivity contribution < 1.29 is 9.47 Å². The second-order valence-electron chi connectivity index (χ2n) is 4.38. The second kappa shape index (κ2) is 7.44. The molecule has 21 heavy (non-hydrogen) atoms. The van der Waals surface area contributed by atoms with Crippen molar-refractivity contribution in [3.05, 3.63) is 55.6 Å². The van der Waals surface area contributed by atoms with Crippen molar-refractivity contribution in [2.75, 3.05) is 14.2 Å². The standard InChI is InChI=1S/C15H16BrIN2O2/c1-20-13-6-3-9(7-14(13)21-2)15(19-18)11-8-10(17)4-5-12(11)16/h3-8,15,19H,18H2,1-2H3. The summed E-state index contributed by atoms with van der Waals surface area (Å²) in [5, 5.41) is 0. The molecular formula is C15H16BrIN2O2. The lowest BCUT2D eigenvalue weighted by molar-refractivity contribution is 0.354. The highest BCUT2D eigenvalue weighted by Crippen LogP contribution is 2.34. The number of benzene rings is 2. The van der Waals surface area contributed by atoms with Crippen molar-refractivity contribution in [2.24, 2.45) is 5.84 Å². The van der Waals surface area contributed by atoms with E-state index in [1.165, 1.54) is 0 Å². The molecule has 0 amide bonds. The van der Waals surface area contributed by atoms with E-state index < -0.39 is 0 Å². The number of hydrogen-bond acceptors (Lipinski definition) is 4. The van der Waals surface area contributed by atoms with Gasteiger partial charge in [-0.3, -0.25) is 5.84 Å². The summed E-state index contributed by atoms with van der Waals surface area (Å²) in [6, 6.07) is 11.8. The third-order valence-corrected chi connectivity index (χ3v) is 4.57. The highest BCUT2D eigenvalue weighted by atomic mass is 127. The second-order valence-corrected chi connectivity index (χ2v) is 6.48. The van der Waals surface area contributed by atoms with Crippen molar-refractivity contribution in [1.82, 2.24) is 5.43 Å². The molecular weight excluding hydrogens is 447 g/mol. The maximum absolute atomic E-state index is 5.77. The molecule has 1 unspecified atom stereocenters. The molecule has 2 aromatic carbocycles. The fourth-order valence-electron chi connectivity index (χ4n) is 2.13. The lowest BCUT2D eigenvalue weighted by Crippen LogP contribution is -2.29. The smallest absolute Gasteiger partial charge is 0.161 e. The number of ether oxygens (including phenoxy) is 2. The Morgan fingerprint density at radius 2 is 1.81 bits per heavy atom. The van der Waals surface area contributed by atoms with E-state index in [0.717, 1.165) is 19.2 Å². The van der Waals surface area contributed by atoms with E-state index in [-0.39, 0.29) is 6.04 Å². The number of hydrogen-bond donors (Lipinski definition) is 2. The molecule has 3 N–H and O–H groups in total. The van der Waals surface area contributed by atoms with E-state index in [2.05, 4.69) is 50.0 Å². The zero-order chi connectivity index (χ0) is 15.4. The Balaban J connectivity index is 2.48. The molecule has 0 radical (unpaired) electrons. The van der Waals surface area contributed by atoms with Crippen LogP contribution in [0.15, 0.2) is 40.9 Å². The van der Waals surface area contributed by atoms with Crippen LogP contribution in [0.5, 0.6) is 11.5 Å². The van der Waals surface area contributed by atoms with Gasteiger partial charge in [0.15, 0.2) is 11.5 Å². The van der Waals surface area contributed by atoms with Crippen molar-refractivity contribution >= 4 is 38.5 Å². The van der Waals surface area contributed by atoms with Crippen LogP contribution in [0, 0.1) is 3.57 Å². The van der Waals surface area contributed by atoms with E-state index >= 15 is 0 Å². The van der Waals surface area contributed by atoms with Gasteiger partial charge in [0.05, 0.1) is 20.3 Å². The van der Waals surface area contributed by atoms with Gasteiger partial charge in [-0.05, 0) is 64.0 Å². The van der Waals surface area contributed by atoms with Gasteiger partial charge in [0.2, 0.25) is 0 Å². The van der Waals surface area contributed by atoms with E-state index in [9.17, 15) is 0 Å². The Kier molecular flexibility index (Phi) is 5.86. The van der Waals surface area contributed by atoms with E-state index in [1.54, 1.807) is 14.2 Å². The van der Waals surface area contributed by atoms with Crippen LogP contribution in [0.4, 0.5) is 0 Å². The van der Waals surface area contributed by atoms with Crippen molar-refractivity contribution in [2.45, 2.75) is 6.04 Å². The number of hydrazine groups is 1. The maximum atomic E-state index is 5.77. The number of nitrogens with two attached hydrogens (primary N) is 1. The van der Waals surface area contributed by atoms with Gasteiger partial charge < -0.3 is 9.47 Å². The van der Waals surface area contributed by atoms with Gasteiger partial charge in [0, 0.05) is 8.04 Å². The first-order chi connectivity index (χ1) is 10.1. The monoisotopic (exact) mass is 462 g/mol. The van der Waals surface area contributed by atoms with Crippen molar-refractivity contribution in [1.29, 1.82) is 0 Å². The molecule has 0 bridgehead atoms. The van der Waals surface area contributed by atoms with Gasteiger partial charge in [0.25, 0.3) is 0 Å². The Morgan fingerprint density at radius 1 is 1.10 bits per heavy atom. The van der Waals surface area contributed by atoms with Crippen LogP contribution >= 0.6 is 38.5 Å². The molecule has 0 heterocycles. The van der Waals surface area contributed by atoms with Gasteiger partial charge in [0.1, 0.15) is 0 Å². The summed E-state index contributed by atoms with van der Waals surface area (Å²) in [6.07, 6.45) is 0. The minimum atomic E-state index is -0.145. The summed E-state index contributed by atoms with van der Waals surface area (Å²) >= 11 is 5.86. The maximum Gasteiger partial charge on any atom is 0.161 e. The topological polar surface area (TPSA) is 56.5 Å². The fourth-order valence-corrected chi connectivity index (χ4v) is 3.12. The molecule has 0 aliphatic rings. The minimum absolute atomic E-state index is 0.145. The van der Waals surface area contributed by atoms with Crippen LogP contribution in [-0.2, 0) is 0 Å². The molecule has 0 aromatic heterocycles. The molecule has 0 fully saturated rings. The number of nitrogens with one attached hydrogen (secondary N) is 1. The predicted octanol–water partition coefficient (Wildman–Crippen LogP) is 3.62. The first-order valence-electron chi connectivity index (χ1n) is 6.23. The number of methoxy groups -OCH3 is 2. The Morgan fingerprint density at radius 3 is 2.43 bits per heavy atom. The van der Waals surface area contributed by atoms with Gasteiger partial charge in [-0.1, -0.05) is 22.0 Å². The van der Waals surface area contributed by atoms with Crippen LogP contribution in [0.25, 0.3) is 0 Å². The third kappa shape index (κ3) is 3.68. The number of rotatable bonds is 5. The summed E-state index contributed by atoms with van der Waals surface area (Å²) in [5.74, 6) is 7.14. The zero-order valence-electron chi connectivity index (χ0n) is 11.7. The van der Waals surface area contributed by atoms with Crippen LogP contribution in [0.3, 0.4) is 0 Å². The summed E-state index contributed by atoms with van der Waals surface area (Å²) in [6.45, 7) is 0. The molecule has 0 aliphatic carbocycles. The molecule has 0 saturated heterocycles. The number of halogens is 2. The van der Waals surface area contributed by atoms with E-state index in [0.29, 0.717) is 11.5 Å². The van der Waals surface area contributed by atoms with Crippen LogP contribution in [0.2, 0.25) is 0 Å². The van der Waals surface area contributed by atoms with Crippen LogP contribution < -0.4 is 20.7 Å². The van der Waals surface area contributed by atoms with Crippen molar-refractivity contribution in [3.8, 4) is 11.5 Å². The lowest BCUT2D eigenvalue weighted by atomic mass is 9.99. The first kappa shape index (κ1) is 16.5. The van der Waals surface area contributed by atoms with Crippen LogP contribution in [-0.4, -0.2) is 14.2 Å². The SMILES string of the molecule is COc1ccc(C(NN)c2cc(I)ccc2Br)cc1OC. The zero-order valence-corrected chi connectivity index (χ0v) is 15.4. The summed E-state index contributed by atoms with van der Waals surface area (Å²) < 4.78 is 12.8. The molecule has 0 saturated carbocycles. The first-order valence-corrected chi connectivity index (χ1v) is 8.11. The predicted molar refractivity (Wildman–Crippen MR) is 95.6 cm³/mol.